The number of anilines is 1. The minimum absolute atomic E-state index is 0.0226. The smallest absolute Gasteiger partial charge is 0.233 e. The van der Waals surface area contributed by atoms with Crippen LogP contribution in [0.5, 0.6) is 11.5 Å². The Hall–Kier alpha value is -2.34. The van der Waals surface area contributed by atoms with E-state index in [1.807, 2.05) is 23.9 Å². The summed E-state index contributed by atoms with van der Waals surface area (Å²) in [4.78, 5) is 16.2. The van der Waals surface area contributed by atoms with Crippen molar-refractivity contribution in [3.8, 4) is 11.5 Å². The molecule has 6 heteroatoms. The van der Waals surface area contributed by atoms with Gasteiger partial charge in [0.25, 0.3) is 0 Å². The molecule has 2 aromatic rings. The van der Waals surface area contributed by atoms with Gasteiger partial charge in [-0.1, -0.05) is 18.2 Å². The molecule has 1 aliphatic rings. The second-order valence-electron chi connectivity index (χ2n) is 6.31. The van der Waals surface area contributed by atoms with E-state index in [0.717, 1.165) is 16.8 Å². The lowest BCUT2D eigenvalue weighted by Crippen LogP contribution is -2.30. The maximum absolute atomic E-state index is 12.3. The molecule has 1 saturated heterocycles. The SMILES string of the molecule is CN(C)c1ccc(C2SCC(=O)N2CCc2ccc(O)c(O)c2)cc1. The van der Waals surface area contributed by atoms with E-state index in [-0.39, 0.29) is 22.8 Å². The number of carbonyl (C=O) groups is 1. The van der Waals surface area contributed by atoms with Gasteiger partial charge in [-0.2, -0.15) is 0 Å². The van der Waals surface area contributed by atoms with Crippen molar-refractivity contribution in [1.82, 2.24) is 4.90 Å². The van der Waals surface area contributed by atoms with Crippen molar-refractivity contribution in [3.05, 3.63) is 53.6 Å². The Morgan fingerprint density at radius 2 is 1.84 bits per heavy atom. The molecule has 132 valence electrons. The topological polar surface area (TPSA) is 64.0 Å². The maximum Gasteiger partial charge on any atom is 0.233 e. The molecule has 0 aromatic heterocycles. The number of hydrogen-bond donors (Lipinski definition) is 2. The number of amides is 1. The first-order valence-corrected chi connectivity index (χ1v) is 9.20. The molecule has 2 aromatic carbocycles. The number of phenols is 2. The highest BCUT2D eigenvalue weighted by atomic mass is 32.2. The van der Waals surface area contributed by atoms with E-state index in [1.54, 1.807) is 23.9 Å². The quantitative estimate of drug-likeness (QED) is 0.805. The van der Waals surface area contributed by atoms with Crippen LogP contribution in [-0.4, -0.2) is 47.4 Å². The molecule has 1 aliphatic heterocycles. The summed E-state index contributed by atoms with van der Waals surface area (Å²) in [5.41, 5.74) is 3.14. The summed E-state index contributed by atoms with van der Waals surface area (Å²) in [6.07, 6.45) is 0.631. The molecule has 1 atom stereocenters. The molecule has 1 unspecified atom stereocenters. The molecule has 1 amide bonds. The zero-order valence-corrected chi connectivity index (χ0v) is 15.2. The molecular weight excluding hydrogens is 336 g/mol. The summed E-state index contributed by atoms with van der Waals surface area (Å²) in [7, 11) is 4.00. The van der Waals surface area contributed by atoms with Crippen LogP contribution in [0.4, 0.5) is 5.69 Å². The van der Waals surface area contributed by atoms with Crippen molar-refractivity contribution in [2.45, 2.75) is 11.8 Å². The summed E-state index contributed by atoms with van der Waals surface area (Å²) in [5.74, 6) is 0.363. The van der Waals surface area contributed by atoms with Crippen molar-refractivity contribution in [2.24, 2.45) is 0 Å². The standard InChI is InChI=1S/C19H22N2O3S/c1-20(2)15-6-4-14(5-7-15)19-21(18(24)12-25-19)10-9-13-3-8-16(22)17(23)11-13/h3-8,11,19,22-23H,9-10,12H2,1-2H3. The van der Waals surface area contributed by atoms with Crippen LogP contribution in [0.25, 0.3) is 0 Å². The summed E-state index contributed by atoms with van der Waals surface area (Å²) in [6.45, 7) is 0.580. The van der Waals surface area contributed by atoms with Crippen LogP contribution in [0, 0.1) is 0 Å². The Labute approximate surface area is 151 Å². The highest BCUT2D eigenvalue weighted by Crippen LogP contribution is 2.39. The zero-order chi connectivity index (χ0) is 18.0. The summed E-state index contributed by atoms with van der Waals surface area (Å²) in [6, 6.07) is 13.1. The molecule has 2 N–H and O–H groups in total. The Kier molecular flexibility index (Phi) is 5.08. The van der Waals surface area contributed by atoms with Gasteiger partial charge in [-0.15, -0.1) is 11.8 Å². The summed E-state index contributed by atoms with van der Waals surface area (Å²) < 4.78 is 0. The van der Waals surface area contributed by atoms with Gasteiger partial charge in [0.2, 0.25) is 5.91 Å². The third-order valence-corrected chi connectivity index (χ3v) is 5.60. The zero-order valence-electron chi connectivity index (χ0n) is 14.3. The van der Waals surface area contributed by atoms with E-state index in [4.69, 9.17) is 0 Å². The Balaban J connectivity index is 1.72. The molecule has 0 aliphatic carbocycles. The number of benzene rings is 2. The molecule has 25 heavy (non-hydrogen) atoms. The number of carbonyl (C=O) groups excluding carboxylic acids is 1. The fourth-order valence-electron chi connectivity index (χ4n) is 2.88. The first kappa shape index (κ1) is 17.5. The third kappa shape index (κ3) is 3.85. The second kappa shape index (κ2) is 7.27. The number of aromatic hydroxyl groups is 2. The van der Waals surface area contributed by atoms with Crippen molar-refractivity contribution in [3.63, 3.8) is 0 Å². The molecule has 1 heterocycles. The highest BCUT2D eigenvalue weighted by Gasteiger charge is 2.32. The Morgan fingerprint density at radius 1 is 1.12 bits per heavy atom. The monoisotopic (exact) mass is 358 g/mol. The molecule has 0 bridgehead atoms. The Morgan fingerprint density at radius 3 is 2.48 bits per heavy atom. The van der Waals surface area contributed by atoms with E-state index in [2.05, 4.69) is 24.3 Å². The van der Waals surface area contributed by atoms with Crippen LogP contribution < -0.4 is 4.90 Å². The highest BCUT2D eigenvalue weighted by molar-refractivity contribution is 8.00. The summed E-state index contributed by atoms with van der Waals surface area (Å²) in [5, 5.41) is 19.0. The number of phenolic OH excluding ortho intramolecular Hbond substituents is 2. The maximum atomic E-state index is 12.3. The molecule has 3 rings (SSSR count). The van der Waals surface area contributed by atoms with Crippen LogP contribution in [0.15, 0.2) is 42.5 Å². The largest absolute Gasteiger partial charge is 0.504 e. The fourth-order valence-corrected chi connectivity index (χ4v) is 4.10. The van der Waals surface area contributed by atoms with Crippen LogP contribution >= 0.6 is 11.8 Å². The van der Waals surface area contributed by atoms with Gasteiger partial charge in [-0.3, -0.25) is 4.79 Å². The molecule has 0 radical (unpaired) electrons. The van der Waals surface area contributed by atoms with Gasteiger partial charge in [-0.05, 0) is 41.8 Å². The van der Waals surface area contributed by atoms with E-state index < -0.39 is 0 Å². The van der Waals surface area contributed by atoms with E-state index >= 15 is 0 Å². The average Bonchev–Trinajstić information content (AvgIpc) is 2.97. The number of rotatable bonds is 5. The van der Waals surface area contributed by atoms with Gasteiger partial charge in [0.15, 0.2) is 11.5 Å². The first-order chi connectivity index (χ1) is 12.0. The van der Waals surface area contributed by atoms with Crippen LogP contribution in [-0.2, 0) is 11.2 Å². The molecule has 5 nitrogen and oxygen atoms in total. The predicted molar refractivity (Wildman–Crippen MR) is 101 cm³/mol. The van der Waals surface area contributed by atoms with Crippen LogP contribution in [0.3, 0.4) is 0 Å². The number of thioether (sulfide) groups is 1. The molecule has 1 fully saturated rings. The normalized spacial score (nSPS) is 17.1. The molecule has 0 spiro atoms. The summed E-state index contributed by atoms with van der Waals surface area (Å²) >= 11 is 1.64. The average molecular weight is 358 g/mol. The first-order valence-electron chi connectivity index (χ1n) is 8.15. The molecule has 0 saturated carbocycles. The van der Waals surface area contributed by atoms with Crippen LogP contribution in [0.1, 0.15) is 16.5 Å². The van der Waals surface area contributed by atoms with Gasteiger partial charge in [-0.25, -0.2) is 0 Å². The predicted octanol–water partition coefficient (Wildman–Crippen LogP) is 2.98. The Bertz CT molecular complexity index is 762. The van der Waals surface area contributed by atoms with Crippen molar-refractivity contribution < 1.29 is 15.0 Å². The lowest BCUT2D eigenvalue weighted by atomic mass is 10.1. The van der Waals surface area contributed by atoms with E-state index in [1.165, 1.54) is 6.07 Å². The van der Waals surface area contributed by atoms with Crippen LogP contribution in [0.2, 0.25) is 0 Å². The fraction of sp³-hybridized carbons (Fsp3) is 0.316. The minimum Gasteiger partial charge on any atom is -0.504 e. The van der Waals surface area contributed by atoms with Crippen molar-refractivity contribution in [2.75, 3.05) is 31.3 Å². The van der Waals surface area contributed by atoms with Gasteiger partial charge in [0, 0.05) is 26.3 Å². The minimum atomic E-state index is -0.129. The van der Waals surface area contributed by atoms with Gasteiger partial charge >= 0.3 is 0 Å². The lowest BCUT2D eigenvalue weighted by molar-refractivity contribution is -0.128. The lowest BCUT2D eigenvalue weighted by Gasteiger charge is -2.25. The third-order valence-electron chi connectivity index (χ3n) is 4.34. The second-order valence-corrected chi connectivity index (χ2v) is 7.38. The number of hydrogen-bond acceptors (Lipinski definition) is 5. The van der Waals surface area contributed by atoms with Gasteiger partial charge < -0.3 is 20.0 Å². The van der Waals surface area contributed by atoms with Crippen molar-refractivity contribution in [1.29, 1.82) is 0 Å². The van der Waals surface area contributed by atoms with E-state index in [0.29, 0.717) is 18.7 Å². The number of nitrogens with zero attached hydrogens (tertiary/aromatic N) is 2. The van der Waals surface area contributed by atoms with E-state index in [9.17, 15) is 15.0 Å². The van der Waals surface area contributed by atoms with Gasteiger partial charge in [0.05, 0.1) is 5.75 Å². The molecular formula is C19H22N2O3S. The van der Waals surface area contributed by atoms with Gasteiger partial charge in [0.1, 0.15) is 5.37 Å². The van der Waals surface area contributed by atoms with Crippen molar-refractivity contribution >= 4 is 23.4 Å².